The smallest absolute Gasteiger partial charge is 0.305 e. The first-order chi connectivity index (χ1) is 13.3. The second-order valence-corrected chi connectivity index (χ2v) is 8.89. The van der Waals surface area contributed by atoms with Crippen LogP contribution in [0.4, 0.5) is 0 Å². The summed E-state index contributed by atoms with van der Waals surface area (Å²) in [5, 5.41) is 10.2. The number of hydrogen-bond donors (Lipinski definition) is 2. The summed E-state index contributed by atoms with van der Waals surface area (Å²) in [5.41, 5.74) is 1.66. The summed E-state index contributed by atoms with van der Waals surface area (Å²) in [7, 11) is -3.54. The fourth-order valence-electron chi connectivity index (χ4n) is 2.59. The second kappa shape index (κ2) is 10.7. The molecule has 0 aromatic heterocycles. The van der Waals surface area contributed by atoms with E-state index in [1.54, 1.807) is 43.3 Å². The highest BCUT2D eigenvalue weighted by atomic mass is 79.9. The number of ether oxygens (including phenoxy) is 1. The normalized spacial score (nSPS) is 12.5. The molecular weight excluding hydrogens is 446 g/mol. The van der Waals surface area contributed by atoms with E-state index in [1.807, 2.05) is 12.1 Å². The van der Waals surface area contributed by atoms with Gasteiger partial charge in [0.25, 0.3) is 0 Å². The Hall–Kier alpha value is -1.74. The molecule has 0 saturated heterocycles. The van der Waals surface area contributed by atoms with E-state index in [0.29, 0.717) is 25.0 Å². The van der Waals surface area contributed by atoms with Gasteiger partial charge in [0.15, 0.2) is 0 Å². The van der Waals surface area contributed by atoms with Crippen LogP contribution >= 0.6 is 15.9 Å². The van der Waals surface area contributed by atoms with Crippen molar-refractivity contribution in [2.45, 2.75) is 37.2 Å². The van der Waals surface area contributed by atoms with Crippen LogP contribution in [0.15, 0.2) is 57.9 Å². The van der Waals surface area contributed by atoms with Gasteiger partial charge in [-0.3, -0.25) is 4.79 Å². The lowest BCUT2D eigenvalue weighted by Gasteiger charge is -2.12. The van der Waals surface area contributed by atoms with Gasteiger partial charge >= 0.3 is 5.97 Å². The molecule has 28 heavy (non-hydrogen) atoms. The zero-order valence-electron chi connectivity index (χ0n) is 15.6. The number of halogens is 1. The molecule has 0 radical (unpaired) electrons. The van der Waals surface area contributed by atoms with Gasteiger partial charge in [-0.1, -0.05) is 40.2 Å². The Morgan fingerprint density at radius 1 is 1.14 bits per heavy atom. The number of aliphatic hydroxyl groups is 1. The standard InChI is InChI=1S/C20H24BrNO5S/c1-2-27-20(24)12-11-19(23)16-5-3-15(4-6-16)13-14-22-28(25,26)18-9-7-17(21)8-10-18/h3-10,19,22-23H,2,11-14H2,1H3. The van der Waals surface area contributed by atoms with E-state index in [0.717, 1.165) is 10.0 Å². The number of sulfonamides is 1. The van der Waals surface area contributed by atoms with E-state index in [4.69, 9.17) is 4.74 Å². The lowest BCUT2D eigenvalue weighted by atomic mass is 10.0. The first-order valence-corrected chi connectivity index (χ1v) is 11.3. The van der Waals surface area contributed by atoms with Gasteiger partial charge in [-0.2, -0.15) is 0 Å². The maximum absolute atomic E-state index is 12.3. The lowest BCUT2D eigenvalue weighted by molar-refractivity contribution is -0.143. The largest absolute Gasteiger partial charge is 0.466 e. The van der Waals surface area contributed by atoms with Gasteiger partial charge in [-0.05, 0) is 55.2 Å². The summed E-state index contributed by atoms with van der Waals surface area (Å²) in [4.78, 5) is 11.6. The van der Waals surface area contributed by atoms with Crippen molar-refractivity contribution in [1.82, 2.24) is 4.72 Å². The zero-order valence-corrected chi connectivity index (χ0v) is 18.0. The Morgan fingerprint density at radius 2 is 1.79 bits per heavy atom. The summed E-state index contributed by atoms with van der Waals surface area (Å²) in [6.07, 6.45) is 0.240. The Balaban J connectivity index is 1.83. The number of carbonyl (C=O) groups excluding carboxylic acids is 1. The van der Waals surface area contributed by atoms with Crippen LogP contribution in [0, 0.1) is 0 Å². The van der Waals surface area contributed by atoms with Gasteiger partial charge < -0.3 is 9.84 Å². The fraction of sp³-hybridized carbons (Fsp3) is 0.350. The summed E-state index contributed by atoms with van der Waals surface area (Å²) >= 11 is 3.28. The molecule has 6 nitrogen and oxygen atoms in total. The van der Waals surface area contributed by atoms with Crippen LogP contribution in [-0.2, 0) is 26.0 Å². The number of esters is 1. The number of hydrogen-bond acceptors (Lipinski definition) is 5. The molecule has 0 saturated carbocycles. The molecule has 1 atom stereocenters. The van der Waals surface area contributed by atoms with E-state index in [-0.39, 0.29) is 23.8 Å². The van der Waals surface area contributed by atoms with E-state index in [1.165, 1.54) is 0 Å². The van der Waals surface area contributed by atoms with E-state index in [9.17, 15) is 18.3 Å². The first-order valence-electron chi connectivity index (χ1n) is 8.99. The molecule has 0 aliphatic rings. The molecule has 152 valence electrons. The summed E-state index contributed by atoms with van der Waals surface area (Å²) < 4.78 is 32.8. The SMILES string of the molecule is CCOC(=O)CCC(O)c1ccc(CCNS(=O)(=O)c2ccc(Br)cc2)cc1. The third kappa shape index (κ3) is 7.01. The molecule has 2 aromatic rings. The molecule has 0 heterocycles. The highest BCUT2D eigenvalue weighted by Crippen LogP contribution is 2.19. The van der Waals surface area contributed by atoms with Gasteiger partial charge in [-0.25, -0.2) is 13.1 Å². The van der Waals surface area contributed by atoms with Gasteiger partial charge in [0.2, 0.25) is 10.0 Å². The molecule has 8 heteroatoms. The molecule has 2 aromatic carbocycles. The molecule has 0 bridgehead atoms. The predicted octanol–water partition coefficient (Wildman–Crippen LogP) is 3.35. The summed E-state index contributed by atoms with van der Waals surface area (Å²) in [6.45, 7) is 2.34. The lowest BCUT2D eigenvalue weighted by Crippen LogP contribution is -2.25. The van der Waals surface area contributed by atoms with Crippen molar-refractivity contribution < 1.29 is 23.1 Å². The average molecular weight is 470 g/mol. The van der Waals surface area contributed by atoms with Crippen molar-refractivity contribution >= 4 is 31.9 Å². The molecule has 2 rings (SSSR count). The minimum absolute atomic E-state index is 0.161. The van der Waals surface area contributed by atoms with E-state index < -0.39 is 16.1 Å². The van der Waals surface area contributed by atoms with Gasteiger partial charge in [0.1, 0.15) is 0 Å². The summed E-state index contributed by atoms with van der Waals surface area (Å²) in [6, 6.07) is 13.7. The zero-order chi connectivity index (χ0) is 20.6. The van der Waals surface area contributed by atoms with Crippen LogP contribution in [0.2, 0.25) is 0 Å². The van der Waals surface area contributed by atoms with Crippen LogP contribution in [0.3, 0.4) is 0 Å². The Bertz CT molecular complexity index is 866. The van der Waals surface area contributed by atoms with Crippen molar-refractivity contribution in [3.05, 3.63) is 64.1 Å². The van der Waals surface area contributed by atoms with Crippen molar-refractivity contribution in [3.63, 3.8) is 0 Å². The Labute approximate surface area is 174 Å². The van der Waals surface area contributed by atoms with Gasteiger partial charge in [-0.15, -0.1) is 0 Å². The molecule has 0 fully saturated rings. The highest BCUT2D eigenvalue weighted by molar-refractivity contribution is 9.10. The van der Waals surface area contributed by atoms with Crippen LogP contribution in [0.1, 0.15) is 37.0 Å². The second-order valence-electron chi connectivity index (χ2n) is 6.20. The van der Waals surface area contributed by atoms with Crippen molar-refractivity contribution in [2.75, 3.05) is 13.2 Å². The summed E-state index contributed by atoms with van der Waals surface area (Å²) in [5.74, 6) is -0.323. The molecule has 2 N–H and O–H groups in total. The minimum Gasteiger partial charge on any atom is -0.466 e. The first kappa shape index (κ1) is 22.5. The van der Waals surface area contributed by atoms with Crippen molar-refractivity contribution in [1.29, 1.82) is 0 Å². The molecule has 1 unspecified atom stereocenters. The van der Waals surface area contributed by atoms with Crippen LogP contribution in [0.5, 0.6) is 0 Å². The van der Waals surface area contributed by atoms with Crippen LogP contribution < -0.4 is 4.72 Å². The topological polar surface area (TPSA) is 92.7 Å². The van der Waals surface area contributed by atoms with Crippen LogP contribution in [-0.4, -0.2) is 32.6 Å². The Morgan fingerprint density at radius 3 is 2.39 bits per heavy atom. The maximum atomic E-state index is 12.3. The van der Waals surface area contributed by atoms with Crippen molar-refractivity contribution in [2.24, 2.45) is 0 Å². The molecular formula is C20H24BrNO5S. The minimum atomic E-state index is -3.54. The Kier molecular flexibility index (Phi) is 8.62. The van der Waals surface area contributed by atoms with Gasteiger partial charge in [0, 0.05) is 17.4 Å². The maximum Gasteiger partial charge on any atom is 0.305 e. The third-order valence-corrected chi connectivity index (χ3v) is 6.13. The quantitative estimate of drug-likeness (QED) is 0.520. The number of benzene rings is 2. The van der Waals surface area contributed by atoms with E-state index in [2.05, 4.69) is 20.7 Å². The molecule has 0 amide bonds. The van der Waals surface area contributed by atoms with Crippen molar-refractivity contribution in [3.8, 4) is 0 Å². The molecule has 0 aliphatic heterocycles. The predicted molar refractivity (Wildman–Crippen MR) is 110 cm³/mol. The number of nitrogens with one attached hydrogen (secondary N) is 1. The highest BCUT2D eigenvalue weighted by Gasteiger charge is 2.14. The third-order valence-electron chi connectivity index (χ3n) is 4.12. The number of carbonyl (C=O) groups is 1. The number of rotatable bonds is 10. The molecule has 0 aliphatic carbocycles. The monoisotopic (exact) mass is 469 g/mol. The molecule has 0 spiro atoms. The number of aliphatic hydroxyl groups excluding tert-OH is 1. The van der Waals surface area contributed by atoms with E-state index >= 15 is 0 Å². The average Bonchev–Trinajstić information content (AvgIpc) is 2.67. The van der Waals surface area contributed by atoms with Gasteiger partial charge in [0.05, 0.1) is 17.6 Å². The fourth-order valence-corrected chi connectivity index (χ4v) is 3.88. The van der Waals surface area contributed by atoms with Crippen LogP contribution in [0.25, 0.3) is 0 Å².